The molecule has 0 fully saturated rings. The first-order chi connectivity index (χ1) is 9.90. The van der Waals surface area contributed by atoms with Gasteiger partial charge in [0.05, 0.1) is 5.56 Å². The number of carbonyl (C=O) groups excluding carboxylic acids is 1. The number of halogens is 4. The Morgan fingerprint density at radius 1 is 1.29 bits per heavy atom. The fourth-order valence-corrected chi connectivity index (χ4v) is 2.67. The molecule has 2 aromatic rings. The van der Waals surface area contributed by atoms with Crippen LogP contribution in [0.3, 0.4) is 0 Å². The zero-order chi connectivity index (χ0) is 15.6. The van der Waals surface area contributed by atoms with Crippen molar-refractivity contribution in [3.8, 4) is 0 Å². The third kappa shape index (κ3) is 3.76. The van der Waals surface area contributed by atoms with Crippen molar-refractivity contribution in [2.24, 2.45) is 0 Å². The number of hydrogen-bond donors (Lipinski definition) is 0. The molecule has 21 heavy (non-hydrogen) atoms. The number of carbonyl (C=O) groups is 1. The predicted octanol–water partition coefficient (Wildman–Crippen LogP) is 5.17. The van der Waals surface area contributed by atoms with Gasteiger partial charge in [0.15, 0.2) is 0 Å². The molecule has 0 aliphatic rings. The topological polar surface area (TPSA) is 20.3 Å². The molecule has 2 aromatic carbocycles. The van der Waals surface area contributed by atoms with E-state index in [0.717, 1.165) is 0 Å². The Bertz CT molecular complexity index is 673. The molecule has 0 heterocycles. The molecule has 0 atom stereocenters. The van der Waals surface area contributed by atoms with Crippen LogP contribution >= 0.6 is 39.1 Å². The normalized spacial score (nSPS) is 10.5. The summed E-state index contributed by atoms with van der Waals surface area (Å²) in [6.07, 6.45) is 0. The zero-order valence-corrected chi connectivity index (χ0v) is 14.1. The number of benzene rings is 2. The first-order valence-corrected chi connectivity index (χ1v) is 7.58. The fraction of sp³-hybridized carbons (Fsp3) is 0.133. The molecule has 0 aliphatic heterocycles. The van der Waals surface area contributed by atoms with Gasteiger partial charge < -0.3 is 4.90 Å². The highest BCUT2D eigenvalue weighted by atomic mass is 79.9. The lowest BCUT2D eigenvalue weighted by atomic mass is 10.1. The average molecular weight is 391 g/mol. The van der Waals surface area contributed by atoms with Crippen LogP contribution in [-0.4, -0.2) is 17.9 Å². The van der Waals surface area contributed by atoms with Crippen molar-refractivity contribution in [3.63, 3.8) is 0 Å². The molecule has 1 amide bonds. The van der Waals surface area contributed by atoms with E-state index in [4.69, 9.17) is 23.2 Å². The van der Waals surface area contributed by atoms with E-state index in [9.17, 15) is 9.18 Å². The van der Waals surface area contributed by atoms with E-state index in [-0.39, 0.29) is 18.0 Å². The number of rotatable bonds is 3. The standard InChI is InChI=1S/C15H11BrCl2FNO/c1-20(8-11-13(18)3-2-4-14(11)19)15(21)10-7-9(17)5-6-12(10)16/h2-7H,8H2,1H3. The Kier molecular flexibility index (Phi) is 5.25. The average Bonchev–Trinajstić information content (AvgIpc) is 2.44. The van der Waals surface area contributed by atoms with E-state index in [1.807, 2.05) is 0 Å². The van der Waals surface area contributed by atoms with Crippen LogP contribution in [0.1, 0.15) is 15.9 Å². The Morgan fingerprint density at radius 3 is 2.67 bits per heavy atom. The Hall–Kier alpha value is -1.10. The first-order valence-electron chi connectivity index (χ1n) is 6.03. The Balaban J connectivity index is 2.26. The van der Waals surface area contributed by atoms with Gasteiger partial charge in [-0.2, -0.15) is 0 Å². The maximum absolute atomic E-state index is 13.8. The molecular formula is C15H11BrCl2FNO. The minimum atomic E-state index is -0.438. The van der Waals surface area contributed by atoms with Gasteiger partial charge in [-0.1, -0.05) is 29.3 Å². The lowest BCUT2D eigenvalue weighted by molar-refractivity contribution is 0.0783. The molecule has 2 nitrogen and oxygen atoms in total. The minimum absolute atomic E-state index is 0.0727. The van der Waals surface area contributed by atoms with Crippen molar-refractivity contribution in [3.05, 3.63) is 67.9 Å². The number of nitrogens with zero attached hydrogens (tertiary/aromatic N) is 1. The molecular weight excluding hydrogens is 380 g/mol. The lowest BCUT2D eigenvalue weighted by Gasteiger charge is -2.19. The van der Waals surface area contributed by atoms with Crippen molar-refractivity contribution in [2.45, 2.75) is 6.54 Å². The van der Waals surface area contributed by atoms with E-state index < -0.39 is 5.82 Å². The van der Waals surface area contributed by atoms with E-state index in [1.165, 1.54) is 17.0 Å². The Morgan fingerprint density at radius 2 is 2.00 bits per heavy atom. The molecule has 6 heteroatoms. The van der Waals surface area contributed by atoms with Crippen molar-refractivity contribution >= 4 is 45.0 Å². The fourth-order valence-electron chi connectivity index (χ4n) is 1.86. The summed E-state index contributed by atoms with van der Waals surface area (Å²) in [5, 5.41) is 0.749. The molecule has 0 aliphatic carbocycles. The molecule has 2 rings (SSSR count). The van der Waals surface area contributed by atoms with Gasteiger partial charge in [-0.05, 0) is 46.3 Å². The van der Waals surface area contributed by atoms with Crippen LogP contribution in [-0.2, 0) is 6.54 Å². The molecule has 0 unspecified atom stereocenters. The maximum Gasteiger partial charge on any atom is 0.255 e. The molecule has 110 valence electrons. The summed E-state index contributed by atoms with van der Waals surface area (Å²) in [5.74, 6) is -0.712. The van der Waals surface area contributed by atoms with Crippen LogP contribution in [0.15, 0.2) is 40.9 Å². The van der Waals surface area contributed by atoms with Gasteiger partial charge in [-0.15, -0.1) is 0 Å². The molecule has 0 bridgehead atoms. The largest absolute Gasteiger partial charge is 0.337 e. The second-order valence-electron chi connectivity index (χ2n) is 4.49. The molecule has 0 saturated heterocycles. The van der Waals surface area contributed by atoms with Gasteiger partial charge in [0, 0.05) is 33.7 Å². The molecule has 0 aromatic heterocycles. The van der Waals surface area contributed by atoms with Crippen LogP contribution in [0, 0.1) is 5.82 Å². The van der Waals surface area contributed by atoms with Gasteiger partial charge in [0.2, 0.25) is 0 Å². The van der Waals surface area contributed by atoms with E-state index >= 15 is 0 Å². The third-order valence-corrected chi connectivity index (χ3v) is 4.24. The van der Waals surface area contributed by atoms with Crippen LogP contribution in [0.4, 0.5) is 4.39 Å². The second-order valence-corrected chi connectivity index (χ2v) is 6.18. The lowest BCUT2D eigenvalue weighted by Crippen LogP contribution is -2.27. The number of hydrogen-bond acceptors (Lipinski definition) is 1. The van der Waals surface area contributed by atoms with Gasteiger partial charge >= 0.3 is 0 Å². The summed E-state index contributed by atoms with van der Waals surface area (Å²) in [4.78, 5) is 13.8. The van der Waals surface area contributed by atoms with Crippen LogP contribution in [0.5, 0.6) is 0 Å². The maximum atomic E-state index is 13.8. The summed E-state index contributed by atoms with van der Waals surface area (Å²) < 4.78 is 14.4. The summed E-state index contributed by atoms with van der Waals surface area (Å²) >= 11 is 15.2. The quantitative estimate of drug-likeness (QED) is 0.708. The summed E-state index contributed by atoms with van der Waals surface area (Å²) in [6.45, 7) is 0.0727. The van der Waals surface area contributed by atoms with Crippen molar-refractivity contribution in [1.82, 2.24) is 4.90 Å². The van der Waals surface area contributed by atoms with E-state index in [2.05, 4.69) is 15.9 Å². The van der Waals surface area contributed by atoms with E-state index in [0.29, 0.717) is 20.1 Å². The first kappa shape index (κ1) is 16.3. The zero-order valence-electron chi connectivity index (χ0n) is 11.0. The Labute approximate surface area is 140 Å². The minimum Gasteiger partial charge on any atom is -0.337 e. The monoisotopic (exact) mass is 389 g/mol. The van der Waals surface area contributed by atoms with Gasteiger partial charge in [-0.3, -0.25) is 4.79 Å². The van der Waals surface area contributed by atoms with Gasteiger partial charge in [0.25, 0.3) is 5.91 Å². The molecule has 0 radical (unpaired) electrons. The highest BCUT2D eigenvalue weighted by Crippen LogP contribution is 2.25. The summed E-state index contributed by atoms with van der Waals surface area (Å²) in [7, 11) is 1.58. The second kappa shape index (κ2) is 6.77. The van der Waals surface area contributed by atoms with Crippen LogP contribution in [0.2, 0.25) is 10.0 Å². The summed E-state index contributed by atoms with van der Waals surface area (Å²) in [6, 6.07) is 9.36. The van der Waals surface area contributed by atoms with Crippen molar-refractivity contribution < 1.29 is 9.18 Å². The predicted molar refractivity (Wildman–Crippen MR) is 86.4 cm³/mol. The van der Waals surface area contributed by atoms with Crippen molar-refractivity contribution in [1.29, 1.82) is 0 Å². The highest BCUT2D eigenvalue weighted by molar-refractivity contribution is 9.10. The van der Waals surface area contributed by atoms with Crippen molar-refractivity contribution in [2.75, 3.05) is 7.05 Å². The van der Waals surface area contributed by atoms with Crippen LogP contribution < -0.4 is 0 Å². The van der Waals surface area contributed by atoms with Gasteiger partial charge in [0.1, 0.15) is 5.82 Å². The smallest absolute Gasteiger partial charge is 0.255 e. The third-order valence-electron chi connectivity index (χ3n) is 2.96. The number of amides is 1. The molecule has 0 saturated carbocycles. The van der Waals surface area contributed by atoms with Crippen LogP contribution in [0.25, 0.3) is 0 Å². The SMILES string of the molecule is CN(Cc1c(F)cccc1Cl)C(=O)c1cc(Cl)ccc1Br. The molecule has 0 N–H and O–H groups in total. The molecule has 0 spiro atoms. The van der Waals surface area contributed by atoms with E-state index in [1.54, 1.807) is 31.3 Å². The van der Waals surface area contributed by atoms with Gasteiger partial charge in [-0.25, -0.2) is 4.39 Å². The highest BCUT2D eigenvalue weighted by Gasteiger charge is 2.18. The summed E-state index contributed by atoms with van der Waals surface area (Å²) in [5.41, 5.74) is 0.700.